The predicted octanol–water partition coefficient (Wildman–Crippen LogP) is 2.91. The molecule has 0 spiro atoms. The largest absolute Gasteiger partial charge is 0.502 e. The van der Waals surface area contributed by atoms with Crippen LogP contribution >= 0.6 is 24.0 Å². The molecule has 80 valence electrons. The summed E-state index contributed by atoms with van der Waals surface area (Å²) in [7, 11) is 1.62. The standard InChI is InChI=1S/C10H11NO2S2/c1-13-9-5-4-8(15-9)3-2-7(6-11)10(12)14/h4-5,12,14H,2-3H2,1H3/b10-7-. The van der Waals surface area contributed by atoms with Crippen molar-refractivity contribution >= 4 is 24.0 Å². The number of thiophene rings is 1. The van der Waals surface area contributed by atoms with Gasteiger partial charge in [0, 0.05) is 4.88 Å². The van der Waals surface area contributed by atoms with Crippen molar-refractivity contribution in [3.05, 3.63) is 27.7 Å². The molecule has 0 aliphatic carbocycles. The van der Waals surface area contributed by atoms with Crippen LogP contribution in [0.15, 0.2) is 22.8 Å². The summed E-state index contributed by atoms with van der Waals surface area (Å²) in [6, 6.07) is 5.76. The Bertz CT molecular complexity index is 400. The Balaban J connectivity index is 2.58. The van der Waals surface area contributed by atoms with Crippen LogP contribution < -0.4 is 4.74 Å². The minimum Gasteiger partial charge on any atom is -0.502 e. The van der Waals surface area contributed by atoms with Gasteiger partial charge in [0.05, 0.1) is 18.8 Å². The molecule has 0 aliphatic rings. The zero-order valence-corrected chi connectivity index (χ0v) is 9.94. The van der Waals surface area contributed by atoms with Gasteiger partial charge in [-0.15, -0.1) is 24.0 Å². The summed E-state index contributed by atoms with van der Waals surface area (Å²) in [6.07, 6.45) is 1.21. The molecule has 0 amide bonds. The maximum absolute atomic E-state index is 9.04. The number of nitrogens with zero attached hydrogens (tertiary/aromatic N) is 1. The molecule has 5 heteroatoms. The molecule has 1 N–H and O–H groups in total. The lowest BCUT2D eigenvalue weighted by Gasteiger charge is -1.97. The molecule has 0 unspecified atom stereocenters. The fourth-order valence-electron chi connectivity index (χ4n) is 1.07. The quantitative estimate of drug-likeness (QED) is 0.484. The second kappa shape index (κ2) is 5.69. The molecule has 3 nitrogen and oxygen atoms in total. The maximum atomic E-state index is 9.04. The average Bonchev–Trinajstić information content (AvgIpc) is 2.66. The number of nitriles is 1. The van der Waals surface area contributed by atoms with Gasteiger partial charge < -0.3 is 9.84 Å². The van der Waals surface area contributed by atoms with Crippen LogP contribution in [0.25, 0.3) is 0 Å². The van der Waals surface area contributed by atoms with Crippen LogP contribution in [0.5, 0.6) is 5.06 Å². The molecule has 0 radical (unpaired) electrons. The molecule has 0 aliphatic heterocycles. The van der Waals surface area contributed by atoms with E-state index in [9.17, 15) is 0 Å². The average molecular weight is 241 g/mol. The van der Waals surface area contributed by atoms with Gasteiger partial charge in [-0.2, -0.15) is 5.26 Å². The van der Waals surface area contributed by atoms with Crippen molar-refractivity contribution in [3.63, 3.8) is 0 Å². The number of aryl methyl sites for hydroxylation is 1. The molecule has 0 aromatic carbocycles. The second-order valence-electron chi connectivity index (χ2n) is 2.84. The Morgan fingerprint density at radius 1 is 1.67 bits per heavy atom. The molecule has 0 saturated carbocycles. The summed E-state index contributed by atoms with van der Waals surface area (Å²) in [6.45, 7) is 0. The summed E-state index contributed by atoms with van der Waals surface area (Å²) >= 11 is 5.27. The Labute approximate surface area is 98.0 Å². The molecule has 0 fully saturated rings. The maximum Gasteiger partial charge on any atom is 0.173 e. The summed E-state index contributed by atoms with van der Waals surface area (Å²) < 4.78 is 5.05. The van der Waals surface area contributed by atoms with E-state index in [0.29, 0.717) is 18.4 Å². The summed E-state index contributed by atoms with van der Waals surface area (Å²) in [5.74, 6) is 0. The van der Waals surface area contributed by atoms with E-state index >= 15 is 0 Å². The van der Waals surface area contributed by atoms with Crippen molar-refractivity contribution in [2.75, 3.05) is 7.11 Å². The minimum absolute atomic E-state index is 0.193. The highest BCUT2D eigenvalue weighted by molar-refractivity contribution is 7.84. The van der Waals surface area contributed by atoms with E-state index in [2.05, 4.69) is 12.6 Å². The summed E-state index contributed by atoms with van der Waals surface area (Å²) in [5, 5.41) is 18.4. The lowest BCUT2D eigenvalue weighted by Crippen LogP contribution is -1.87. The first-order chi connectivity index (χ1) is 7.17. The molecule has 0 bridgehead atoms. The van der Waals surface area contributed by atoms with Gasteiger partial charge in [-0.05, 0) is 25.0 Å². The lowest BCUT2D eigenvalue weighted by atomic mass is 10.1. The van der Waals surface area contributed by atoms with Gasteiger partial charge in [0.25, 0.3) is 0 Å². The summed E-state index contributed by atoms with van der Waals surface area (Å²) in [5.41, 5.74) is 0.311. The highest BCUT2D eigenvalue weighted by Gasteiger charge is 2.04. The zero-order valence-electron chi connectivity index (χ0n) is 8.23. The van der Waals surface area contributed by atoms with Crippen LogP contribution in [0.2, 0.25) is 0 Å². The normalized spacial score (nSPS) is 11.8. The van der Waals surface area contributed by atoms with E-state index in [1.807, 2.05) is 18.2 Å². The van der Waals surface area contributed by atoms with E-state index in [1.54, 1.807) is 7.11 Å². The van der Waals surface area contributed by atoms with Crippen molar-refractivity contribution in [2.24, 2.45) is 0 Å². The minimum atomic E-state index is -0.193. The topological polar surface area (TPSA) is 53.2 Å². The van der Waals surface area contributed by atoms with E-state index < -0.39 is 0 Å². The first-order valence-electron chi connectivity index (χ1n) is 4.31. The van der Waals surface area contributed by atoms with Crippen LogP contribution in [0.4, 0.5) is 0 Å². The van der Waals surface area contributed by atoms with Crippen LogP contribution in [0.3, 0.4) is 0 Å². The molecular formula is C10H11NO2S2. The van der Waals surface area contributed by atoms with Crippen molar-refractivity contribution < 1.29 is 9.84 Å². The molecule has 1 aromatic rings. The molecule has 0 saturated heterocycles. The molecule has 0 atom stereocenters. The molecule has 1 heterocycles. The summed E-state index contributed by atoms with van der Waals surface area (Å²) in [4.78, 5) is 1.12. The van der Waals surface area contributed by atoms with Crippen molar-refractivity contribution in [1.29, 1.82) is 5.26 Å². The number of ether oxygens (including phenoxy) is 1. The second-order valence-corrected chi connectivity index (χ2v) is 4.39. The van der Waals surface area contributed by atoms with Gasteiger partial charge >= 0.3 is 0 Å². The fraction of sp³-hybridized carbons (Fsp3) is 0.300. The first kappa shape index (κ1) is 12.0. The third-order valence-electron chi connectivity index (χ3n) is 1.86. The zero-order chi connectivity index (χ0) is 11.3. The Kier molecular flexibility index (Phi) is 4.53. The SMILES string of the molecule is COc1ccc(CC/C(C#N)=C(\O)S)s1. The number of rotatable bonds is 4. The van der Waals surface area contributed by atoms with E-state index in [0.717, 1.165) is 9.94 Å². The van der Waals surface area contributed by atoms with Gasteiger partial charge in [-0.3, -0.25) is 0 Å². The number of aliphatic hydroxyl groups is 1. The third-order valence-corrected chi connectivity index (χ3v) is 3.24. The van der Waals surface area contributed by atoms with Crippen molar-refractivity contribution in [3.8, 4) is 11.1 Å². The number of hydrogen-bond acceptors (Lipinski definition) is 5. The molecular weight excluding hydrogens is 230 g/mol. The van der Waals surface area contributed by atoms with E-state index in [-0.39, 0.29) is 5.09 Å². The third kappa shape index (κ3) is 3.50. The van der Waals surface area contributed by atoms with Crippen LogP contribution in [-0.4, -0.2) is 12.2 Å². The van der Waals surface area contributed by atoms with Crippen molar-refractivity contribution in [2.45, 2.75) is 12.8 Å². The number of allylic oxidation sites excluding steroid dienone is 1. The number of aliphatic hydroxyl groups excluding tert-OH is 1. The number of methoxy groups -OCH3 is 1. The van der Waals surface area contributed by atoms with Gasteiger partial charge in [0.2, 0.25) is 0 Å². The van der Waals surface area contributed by atoms with Crippen LogP contribution in [0, 0.1) is 11.3 Å². The fourth-order valence-corrected chi connectivity index (χ4v) is 2.05. The Morgan fingerprint density at radius 2 is 2.40 bits per heavy atom. The van der Waals surface area contributed by atoms with Gasteiger partial charge in [-0.1, -0.05) is 0 Å². The highest BCUT2D eigenvalue weighted by atomic mass is 32.1. The van der Waals surface area contributed by atoms with Crippen LogP contribution in [-0.2, 0) is 6.42 Å². The molecule has 15 heavy (non-hydrogen) atoms. The smallest absolute Gasteiger partial charge is 0.173 e. The molecule has 1 rings (SSSR count). The van der Waals surface area contributed by atoms with Gasteiger partial charge in [0.1, 0.15) is 0 Å². The van der Waals surface area contributed by atoms with E-state index in [1.165, 1.54) is 11.3 Å². The number of thiol groups is 1. The Hall–Kier alpha value is -1.12. The van der Waals surface area contributed by atoms with E-state index in [4.69, 9.17) is 15.1 Å². The predicted molar refractivity (Wildman–Crippen MR) is 63.4 cm³/mol. The monoisotopic (exact) mass is 241 g/mol. The highest BCUT2D eigenvalue weighted by Crippen LogP contribution is 2.26. The number of hydrogen-bond donors (Lipinski definition) is 2. The Morgan fingerprint density at radius 3 is 2.87 bits per heavy atom. The first-order valence-corrected chi connectivity index (χ1v) is 5.57. The van der Waals surface area contributed by atoms with Crippen LogP contribution in [0.1, 0.15) is 11.3 Å². The lowest BCUT2D eigenvalue weighted by molar-refractivity contribution is 0.427. The molecule has 1 aromatic heterocycles. The van der Waals surface area contributed by atoms with Gasteiger partial charge in [0.15, 0.2) is 10.2 Å². The van der Waals surface area contributed by atoms with Gasteiger partial charge in [-0.25, -0.2) is 0 Å². The van der Waals surface area contributed by atoms with Crippen molar-refractivity contribution in [1.82, 2.24) is 0 Å².